The van der Waals surface area contributed by atoms with Crippen LogP contribution in [0.4, 0.5) is 23.2 Å². The molecular formula is C37H48F4N4O4. The quantitative estimate of drug-likeness (QED) is 0.208. The highest BCUT2D eigenvalue weighted by Gasteiger charge is 2.50. The number of benzene rings is 2. The molecule has 4 N–H and O–H groups in total. The van der Waals surface area contributed by atoms with Gasteiger partial charge in [0.25, 0.3) is 0 Å². The Labute approximate surface area is 285 Å². The Kier molecular flexibility index (Phi) is 11.8. The van der Waals surface area contributed by atoms with Crippen LogP contribution >= 0.6 is 0 Å². The number of phenols is 1. The number of aliphatic carboxylic acids is 1. The molecule has 0 radical (unpaired) electrons. The van der Waals surface area contributed by atoms with Crippen molar-refractivity contribution in [1.29, 1.82) is 5.26 Å². The van der Waals surface area contributed by atoms with E-state index >= 15 is 4.39 Å². The lowest BCUT2D eigenvalue weighted by Gasteiger charge is -2.36. The highest BCUT2D eigenvalue weighted by Crippen LogP contribution is 2.48. The van der Waals surface area contributed by atoms with Gasteiger partial charge in [-0.25, -0.2) is 4.39 Å². The standard InChI is InChI=1S/C37H48F4N4O4/c1-49-22-29(43)18-27(32-11-6-28(37(39,40)41)19-34(32)44-16-13-26(14-17-44)35(47)48)12-15-36(38)23-45(30-7-2-24(20-42)3-8-30)21-33(36)25-4-9-31(46)10-5-25/h4-6,9-11,19,24,26-27,29-30,33,46H,2-3,7-8,12-18,21-23,43H2,1H3,(H,47,48)/t24-,27?,29-,30-,33-,36-/m0/s1. The zero-order chi connectivity index (χ0) is 35.3. The number of phenolic OH excluding ortho intramolecular Hbond substituents is 1. The van der Waals surface area contributed by atoms with Gasteiger partial charge in [-0.1, -0.05) is 18.2 Å². The van der Waals surface area contributed by atoms with E-state index in [9.17, 15) is 33.4 Å². The molecule has 3 fully saturated rings. The number of piperidine rings is 1. The van der Waals surface area contributed by atoms with Gasteiger partial charge in [0.05, 0.1) is 24.2 Å². The fraction of sp³-hybridized carbons (Fsp3) is 0.622. The minimum Gasteiger partial charge on any atom is -0.508 e. The summed E-state index contributed by atoms with van der Waals surface area (Å²) in [6, 6.07) is 12.4. The second kappa shape index (κ2) is 15.7. The number of carbonyl (C=O) groups is 1. The molecule has 5 rings (SSSR count). The van der Waals surface area contributed by atoms with E-state index in [1.807, 2.05) is 4.90 Å². The van der Waals surface area contributed by atoms with Crippen molar-refractivity contribution in [2.75, 3.05) is 44.8 Å². The molecule has 8 nitrogen and oxygen atoms in total. The first-order chi connectivity index (χ1) is 23.3. The average molecular weight is 689 g/mol. The average Bonchev–Trinajstić information content (AvgIpc) is 3.43. The molecule has 1 saturated carbocycles. The molecule has 49 heavy (non-hydrogen) atoms. The van der Waals surface area contributed by atoms with Crippen molar-refractivity contribution < 1.29 is 37.3 Å². The van der Waals surface area contributed by atoms with Crippen molar-refractivity contribution in [3.63, 3.8) is 0 Å². The number of hydrogen-bond donors (Lipinski definition) is 3. The number of nitrogens with zero attached hydrogens (tertiary/aromatic N) is 3. The molecule has 1 aliphatic carbocycles. The van der Waals surface area contributed by atoms with E-state index in [1.54, 1.807) is 24.3 Å². The minimum absolute atomic E-state index is 0.0202. The second-order valence-electron chi connectivity index (χ2n) is 14.3. The Morgan fingerprint density at radius 3 is 2.37 bits per heavy atom. The lowest BCUT2D eigenvalue weighted by Crippen LogP contribution is -2.39. The van der Waals surface area contributed by atoms with E-state index in [-0.39, 0.29) is 37.3 Å². The minimum atomic E-state index is -4.57. The summed E-state index contributed by atoms with van der Waals surface area (Å²) in [7, 11) is 1.53. The molecule has 0 aromatic heterocycles. The van der Waals surface area contributed by atoms with Gasteiger partial charge in [0.1, 0.15) is 11.4 Å². The SMILES string of the molecule is COC[C@@H](N)CC(CC[C@]1(F)CN([C@H]2CC[C@H](C#N)CC2)C[C@H]1c1ccc(O)cc1)c1ccc(C(F)(F)F)cc1N1CCC(C(=O)O)CC1. The number of rotatable bonds is 12. The number of carboxylic acids is 1. The Balaban J connectivity index is 1.46. The molecule has 12 heteroatoms. The number of carboxylic acid groups (broad SMARTS) is 1. The fourth-order valence-electron chi connectivity index (χ4n) is 8.29. The van der Waals surface area contributed by atoms with E-state index in [0.29, 0.717) is 56.6 Å². The smallest absolute Gasteiger partial charge is 0.416 e. The lowest BCUT2D eigenvalue weighted by molar-refractivity contribution is -0.142. The summed E-state index contributed by atoms with van der Waals surface area (Å²) in [5.41, 5.74) is 5.80. The lowest BCUT2D eigenvalue weighted by atomic mass is 9.78. The third-order valence-electron chi connectivity index (χ3n) is 11.1. The summed E-state index contributed by atoms with van der Waals surface area (Å²) in [6.07, 6.45) is 0.0581. The Morgan fingerprint density at radius 1 is 1.10 bits per heavy atom. The molecule has 2 heterocycles. The summed E-state index contributed by atoms with van der Waals surface area (Å²) in [5.74, 6) is -2.24. The van der Waals surface area contributed by atoms with Gasteiger partial charge in [0.2, 0.25) is 0 Å². The molecule has 2 aromatic rings. The summed E-state index contributed by atoms with van der Waals surface area (Å²) in [4.78, 5) is 15.7. The predicted octanol–water partition coefficient (Wildman–Crippen LogP) is 6.83. The number of likely N-dealkylation sites (tertiary alicyclic amines) is 1. The third kappa shape index (κ3) is 8.86. The van der Waals surface area contributed by atoms with Crippen LogP contribution in [0.3, 0.4) is 0 Å². The highest BCUT2D eigenvalue weighted by atomic mass is 19.4. The zero-order valence-electron chi connectivity index (χ0n) is 28.0. The first-order valence-electron chi connectivity index (χ1n) is 17.4. The van der Waals surface area contributed by atoms with Crippen LogP contribution in [-0.2, 0) is 15.7 Å². The third-order valence-corrected chi connectivity index (χ3v) is 11.1. The molecule has 0 amide bonds. The van der Waals surface area contributed by atoms with E-state index in [4.69, 9.17) is 10.5 Å². The molecule has 0 bridgehead atoms. The molecular weight excluding hydrogens is 640 g/mol. The number of aromatic hydroxyl groups is 1. The zero-order valence-corrected chi connectivity index (χ0v) is 28.0. The van der Waals surface area contributed by atoms with Crippen LogP contribution in [-0.4, -0.2) is 78.7 Å². The summed E-state index contributed by atoms with van der Waals surface area (Å²) >= 11 is 0. The maximum absolute atomic E-state index is 17.6. The van der Waals surface area contributed by atoms with Crippen molar-refractivity contribution in [2.45, 2.75) is 93.6 Å². The van der Waals surface area contributed by atoms with Crippen molar-refractivity contribution in [2.24, 2.45) is 17.6 Å². The van der Waals surface area contributed by atoms with Crippen LogP contribution in [0.5, 0.6) is 5.75 Å². The first-order valence-corrected chi connectivity index (χ1v) is 17.4. The van der Waals surface area contributed by atoms with Gasteiger partial charge >= 0.3 is 12.1 Å². The number of alkyl halides is 4. The molecule has 2 saturated heterocycles. The van der Waals surface area contributed by atoms with Gasteiger partial charge in [0, 0.05) is 62.9 Å². The second-order valence-corrected chi connectivity index (χ2v) is 14.3. The Morgan fingerprint density at radius 2 is 1.78 bits per heavy atom. The van der Waals surface area contributed by atoms with Crippen LogP contribution in [0.25, 0.3) is 0 Å². The van der Waals surface area contributed by atoms with Crippen molar-refractivity contribution in [3.8, 4) is 11.8 Å². The molecule has 2 aliphatic heterocycles. The van der Waals surface area contributed by atoms with Crippen molar-refractivity contribution >= 4 is 11.7 Å². The topological polar surface area (TPSA) is 123 Å². The van der Waals surface area contributed by atoms with Gasteiger partial charge < -0.3 is 25.6 Å². The maximum atomic E-state index is 17.6. The Hall–Kier alpha value is -3.40. The van der Waals surface area contributed by atoms with Gasteiger partial charge in [-0.05, 0) is 99.1 Å². The monoisotopic (exact) mass is 688 g/mol. The maximum Gasteiger partial charge on any atom is 0.416 e. The number of methoxy groups -OCH3 is 1. The summed E-state index contributed by atoms with van der Waals surface area (Å²) in [6.45, 7) is 1.50. The van der Waals surface area contributed by atoms with Gasteiger partial charge in [-0.15, -0.1) is 0 Å². The largest absolute Gasteiger partial charge is 0.508 e. The van der Waals surface area contributed by atoms with Crippen LogP contribution < -0.4 is 10.6 Å². The van der Waals surface area contributed by atoms with E-state index in [0.717, 1.165) is 43.4 Å². The number of nitrogens with two attached hydrogens (primary N) is 1. The predicted molar refractivity (Wildman–Crippen MR) is 178 cm³/mol. The van der Waals surface area contributed by atoms with Crippen LogP contribution in [0, 0.1) is 23.2 Å². The molecule has 268 valence electrons. The number of halogens is 4. The van der Waals surface area contributed by atoms with E-state index < -0.39 is 47.2 Å². The summed E-state index contributed by atoms with van der Waals surface area (Å²) in [5, 5.41) is 28.9. The van der Waals surface area contributed by atoms with E-state index in [2.05, 4.69) is 11.0 Å². The molecule has 4 atom stereocenters. The first kappa shape index (κ1) is 36.9. The number of nitriles is 1. The highest BCUT2D eigenvalue weighted by molar-refractivity contribution is 5.70. The molecule has 1 unspecified atom stereocenters. The number of hydrogen-bond acceptors (Lipinski definition) is 7. The normalized spacial score (nSPS) is 26.7. The summed E-state index contributed by atoms with van der Waals surface area (Å²) < 4.78 is 64.9. The molecule has 3 aliphatic rings. The van der Waals surface area contributed by atoms with Gasteiger partial charge in [-0.2, -0.15) is 18.4 Å². The van der Waals surface area contributed by atoms with Crippen molar-refractivity contribution in [3.05, 3.63) is 59.2 Å². The Bertz CT molecular complexity index is 1450. The molecule has 2 aromatic carbocycles. The number of anilines is 1. The molecule has 0 spiro atoms. The fourth-order valence-corrected chi connectivity index (χ4v) is 8.29. The van der Waals surface area contributed by atoms with Crippen LogP contribution in [0.15, 0.2) is 42.5 Å². The number of ether oxygens (including phenoxy) is 1. The van der Waals surface area contributed by atoms with Crippen LogP contribution in [0.2, 0.25) is 0 Å². The van der Waals surface area contributed by atoms with Gasteiger partial charge in [0.15, 0.2) is 0 Å². The van der Waals surface area contributed by atoms with E-state index in [1.165, 1.54) is 13.2 Å². The van der Waals surface area contributed by atoms with Gasteiger partial charge in [-0.3, -0.25) is 9.69 Å². The van der Waals surface area contributed by atoms with Crippen LogP contribution in [0.1, 0.15) is 86.3 Å². The van der Waals surface area contributed by atoms with Crippen molar-refractivity contribution in [1.82, 2.24) is 4.90 Å².